The average molecular weight is 280 g/mol. The van der Waals surface area contributed by atoms with E-state index in [1.165, 1.54) is 0 Å². The maximum Gasteiger partial charge on any atom is 0.272 e. The monoisotopic (exact) mass is 280 g/mol. The van der Waals surface area contributed by atoms with Crippen molar-refractivity contribution < 1.29 is 9.53 Å². The van der Waals surface area contributed by atoms with E-state index in [0.717, 1.165) is 0 Å². The Morgan fingerprint density at radius 2 is 2.10 bits per heavy atom. The fourth-order valence-electron chi connectivity index (χ4n) is 1.79. The van der Waals surface area contributed by atoms with Crippen molar-refractivity contribution in [3.8, 4) is 0 Å². The molecule has 2 N–H and O–H groups in total. The third-order valence-electron chi connectivity index (χ3n) is 2.77. The minimum Gasteiger partial charge on any atom is -0.385 e. The zero-order valence-electron chi connectivity index (χ0n) is 13.1. The molecule has 1 aromatic rings. The van der Waals surface area contributed by atoms with Gasteiger partial charge in [-0.3, -0.25) is 4.79 Å². The highest BCUT2D eigenvalue weighted by atomic mass is 16.5. The number of nitrogens with one attached hydrogen (secondary N) is 2. The molecule has 1 rings (SSSR count). The van der Waals surface area contributed by atoms with E-state index in [1.807, 2.05) is 27.7 Å². The molecule has 0 aliphatic carbocycles. The fraction of sp³-hybridized carbons (Fsp3) is 0.643. The molecule has 0 aromatic carbocycles. The Kier molecular flexibility index (Phi) is 5.44. The number of methoxy groups -OCH3 is 1. The highest BCUT2D eigenvalue weighted by Crippen LogP contribution is 2.16. The van der Waals surface area contributed by atoms with Gasteiger partial charge < -0.3 is 15.4 Å². The zero-order chi connectivity index (χ0) is 15.3. The molecule has 1 aromatic heterocycles. The lowest BCUT2D eigenvalue weighted by Gasteiger charge is -2.25. The van der Waals surface area contributed by atoms with E-state index in [2.05, 4.69) is 20.6 Å². The number of carbonyl (C=O) groups is 1. The summed E-state index contributed by atoms with van der Waals surface area (Å²) in [5, 5.41) is 5.86. The highest BCUT2D eigenvalue weighted by molar-refractivity contribution is 5.97. The van der Waals surface area contributed by atoms with Crippen LogP contribution in [-0.2, 0) is 4.74 Å². The van der Waals surface area contributed by atoms with Gasteiger partial charge in [-0.1, -0.05) is 13.8 Å². The Hall–Kier alpha value is -1.69. The molecular formula is C14H24N4O2. The normalized spacial score (nSPS) is 11.6. The van der Waals surface area contributed by atoms with Gasteiger partial charge in [-0.25, -0.2) is 9.97 Å². The second-order valence-corrected chi connectivity index (χ2v) is 5.67. The van der Waals surface area contributed by atoms with Crippen molar-refractivity contribution in [2.45, 2.75) is 39.2 Å². The summed E-state index contributed by atoms with van der Waals surface area (Å²) in [7, 11) is 3.35. The predicted molar refractivity (Wildman–Crippen MR) is 79.1 cm³/mol. The smallest absolute Gasteiger partial charge is 0.272 e. The van der Waals surface area contributed by atoms with Gasteiger partial charge in [0.1, 0.15) is 5.82 Å². The summed E-state index contributed by atoms with van der Waals surface area (Å²) in [5.41, 5.74) is 0.510. The molecule has 112 valence electrons. The van der Waals surface area contributed by atoms with Crippen LogP contribution in [0.25, 0.3) is 0 Å². The van der Waals surface area contributed by atoms with Crippen molar-refractivity contribution >= 4 is 11.6 Å². The molecule has 0 fully saturated rings. The first kappa shape index (κ1) is 16.4. The fourth-order valence-corrected chi connectivity index (χ4v) is 1.79. The van der Waals surface area contributed by atoms with Gasteiger partial charge >= 0.3 is 0 Å². The lowest BCUT2D eigenvalue weighted by Crippen LogP contribution is -2.47. The third kappa shape index (κ3) is 4.16. The number of ether oxygens (including phenoxy) is 1. The highest BCUT2D eigenvalue weighted by Gasteiger charge is 2.24. The van der Waals surface area contributed by atoms with Gasteiger partial charge in [-0.15, -0.1) is 0 Å². The summed E-state index contributed by atoms with van der Waals surface area (Å²) in [5.74, 6) is 0.582. The minimum absolute atomic E-state index is 0.166. The van der Waals surface area contributed by atoms with Gasteiger partial charge in [0.25, 0.3) is 5.91 Å². The van der Waals surface area contributed by atoms with Crippen LogP contribution in [0.3, 0.4) is 0 Å². The Morgan fingerprint density at radius 1 is 1.45 bits per heavy atom. The summed E-state index contributed by atoms with van der Waals surface area (Å²) >= 11 is 0. The predicted octanol–water partition coefficient (Wildman–Crippen LogP) is 1.80. The van der Waals surface area contributed by atoms with Crippen LogP contribution in [0.2, 0.25) is 0 Å². The molecule has 0 atom stereocenters. The largest absolute Gasteiger partial charge is 0.385 e. The zero-order valence-corrected chi connectivity index (χ0v) is 13.1. The molecule has 1 amide bonds. The molecule has 0 saturated carbocycles. The Morgan fingerprint density at radius 3 is 2.60 bits per heavy atom. The number of amides is 1. The van der Waals surface area contributed by atoms with E-state index in [4.69, 9.17) is 4.74 Å². The van der Waals surface area contributed by atoms with Crippen LogP contribution in [0.5, 0.6) is 0 Å². The van der Waals surface area contributed by atoms with E-state index in [1.54, 1.807) is 20.4 Å². The second-order valence-electron chi connectivity index (χ2n) is 5.67. The maximum atomic E-state index is 12.4. The van der Waals surface area contributed by atoms with E-state index >= 15 is 0 Å². The van der Waals surface area contributed by atoms with E-state index in [0.29, 0.717) is 23.8 Å². The van der Waals surface area contributed by atoms with Crippen LogP contribution < -0.4 is 10.6 Å². The van der Waals surface area contributed by atoms with Gasteiger partial charge in [0, 0.05) is 20.1 Å². The summed E-state index contributed by atoms with van der Waals surface area (Å²) in [6, 6.07) is 0. The van der Waals surface area contributed by atoms with Gasteiger partial charge in [0.15, 0.2) is 5.69 Å². The summed E-state index contributed by atoms with van der Waals surface area (Å²) in [6.45, 7) is 8.21. The van der Waals surface area contributed by atoms with Gasteiger partial charge in [-0.2, -0.15) is 0 Å². The van der Waals surface area contributed by atoms with Crippen LogP contribution in [-0.4, -0.2) is 42.2 Å². The number of aromatic nitrogens is 2. The Labute approximate surface area is 120 Å². The number of carbonyl (C=O) groups excluding carboxylic acids is 1. The molecular weight excluding hydrogens is 256 g/mol. The number of anilines is 1. The molecule has 0 aliphatic heterocycles. The van der Waals surface area contributed by atoms with Gasteiger partial charge in [0.05, 0.1) is 24.0 Å². The Bertz CT molecular complexity index is 472. The molecule has 1 heterocycles. The van der Waals surface area contributed by atoms with Crippen molar-refractivity contribution in [3.05, 3.63) is 17.7 Å². The van der Waals surface area contributed by atoms with Crippen molar-refractivity contribution in [1.82, 2.24) is 15.3 Å². The molecule has 0 spiro atoms. The van der Waals surface area contributed by atoms with Crippen LogP contribution in [0.1, 0.15) is 49.9 Å². The molecule has 0 unspecified atom stereocenters. The number of hydrogen-bond acceptors (Lipinski definition) is 5. The molecule has 0 saturated heterocycles. The first-order chi connectivity index (χ1) is 9.30. The molecule has 0 aliphatic rings. The summed E-state index contributed by atoms with van der Waals surface area (Å²) < 4.78 is 5.10. The summed E-state index contributed by atoms with van der Waals surface area (Å²) in [6.07, 6.45) is 1.64. The molecule has 0 bridgehead atoms. The van der Waals surface area contributed by atoms with Gasteiger partial charge in [-0.05, 0) is 13.8 Å². The van der Waals surface area contributed by atoms with Crippen LogP contribution in [0.4, 0.5) is 5.69 Å². The number of hydrogen-bond donors (Lipinski definition) is 2. The summed E-state index contributed by atoms with van der Waals surface area (Å²) in [4.78, 5) is 21.0. The minimum atomic E-state index is -0.459. The van der Waals surface area contributed by atoms with Crippen molar-refractivity contribution in [2.75, 3.05) is 26.1 Å². The van der Waals surface area contributed by atoms with E-state index in [9.17, 15) is 4.79 Å². The maximum absolute atomic E-state index is 12.4. The van der Waals surface area contributed by atoms with Crippen molar-refractivity contribution in [1.29, 1.82) is 0 Å². The quantitative estimate of drug-likeness (QED) is 0.831. The van der Waals surface area contributed by atoms with Crippen LogP contribution in [0, 0.1) is 0 Å². The van der Waals surface area contributed by atoms with E-state index < -0.39 is 5.54 Å². The SMILES string of the molecule is CNc1cnc(C(C)C)nc1C(=O)NC(C)(C)COC. The van der Waals surface area contributed by atoms with Crippen LogP contribution >= 0.6 is 0 Å². The second kappa shape index (κ2) is 6.65. The first-order valence-electron chi connectivity index (χ1n) is 6.67. The Balaban J connectivity index is 3.04. The lowest BCUT2D eigenvalue weighted by atomic mass is 10.1. The number of nitrogens with zero attached hydrogens (tertiary/aromatic N) is 2. The standard InChI is InChI=1S/C14H24N4O2/c1-9(2)12-16-7-10(15-5)11(17-12)13(19)18-14(3,4)8-20-6/h7,9,15H,8H2,1-6H3,(H,18,19). The lowest BCUT2D eigenvalue weighted by molar-refractivity contribution is 0.0815. The first-order valence-corrected chi connectivity index (χ1v) is 6.67. The molecule has 6 nitrogen and oxygen atoms in total. The topological polar surface area (TPSA) is 76.1 Å². The number of rotatable bonds is 6. The van der Waals surface area contributed by atoms with Crippen LogP contribution in [0.15, 0.2) is 6.20 Å². The third-order valence-corrected chi connectivity index (χ3v) is 2.77. The van der Waals surface area contributed by atoms with Crippen molar-refractivity contribution in [2.24, 2.45) is 0 Å². The molecule has 0 radical (unpaired) electrons. The van der Waals surface area contributed by atoms with E-state index in [-0.39, 0.29) is 11.8 Å². The average Bonchev–Trinajstić information content (AvgIpc) is 2.37. The van der Waals surface area contributed by atoms with Gasteiger partial charge in [0.2, 0.25) is 0 Å². The molecule has 6 heteroatoms. The molecule has 20 heavy (non-hydrogen) atoms. The van der Waals surface area contributed by atoms with Crippen molar-refractivity contribution in [3.63, 3.8) is 0 Å².